The Bertz CT molecular complexity index is 837. The highest BCUT2D eigenvalue weighted by Crippen LogP contribution is 2.18. The maximum Gasteiger partial charge on any atom is 0.256 e. The summed E-state index contributed by atoms with van der Waals surface area (Å²) >= 11 is 0. The fourth-order valence-electron chi connectivity index (χ4n) is 3.16. The number of amides is 1. The summed E-state index contributed by atoms with van der Waals surface area (Å²) in [6, 6.07) is 7.84. The first-order chi connectivity index (χ1) is 11.8. The molecule has 6 heteroatoms. The monoisotopic (exact) mass is 321 g/mol. The molecule has 0 aromatic carbocycles. The molecule has 0 aliphatic carbocycles. The van der Waals surface area contributed by atoms with Gasteiger partial charge in [0.15, 0.2) is 0 Å². The summed E-state index contributed by atoms with van der Waals surface area (Å²) in [5, 5.41) is 0.889. The number of aromatic nitrogens is 3. The zero-order valence-electron chi connectivity index (χ0n) is 13.4. The number of hydrogen-bond donors (Lipinski definition) is 1. The number of H-pyrrole nitrogens is 1. The topological polar surface area (TPSA) is 65.1 Å². The Balaban J connectivity index is 1.41. The summed E-state index contributed by atoms with van der Waals surface area (Å²) in [4.78, 5) is 28.6. The highest BCUT2D eigenvalue weighted by Gasteiger charge is 2.24. The molecule has 0 bridgehead atoms. The molecule has 4 heterocycles. The van der Waals surface area contributed by atoms with Crippen LogP contribution in [-0.2, 0) is 6.54 Å². The quantitative estimate of drug-likeness (QED) is 0.800. The molecule has 1 aliphatic rings. The fraction of sp³-hybridized carbons (Fsp3) is 0.278. The number of nitrogens with zero attached hydrogens (tertiary/aromatic N) is 4. The van der Waals surface area contributed by atoms with Gasteiger partial charge in [-0.15, -0.1) is 0 Å². The van der Waals surface area contributed by atoms with E-state index in [1.807, 2.05) is 29.3 Å². The van der Waals surface area contributed by atoms with Crippen LogP contribution in [0, 0.1) is 0 Å². The van der Waals surface area contributed by atoms with E-state index in [9.17, 15) is 4.79 Å². The first-order valence-electron chi connectivity index (χ1n) is 8.14. The molecular formula is C18H19N5O. The Hall–Kier alpha value is -2.73. The maximum absolute atomic E-state index is 12.8. The van der Waals surface area contributed by atoms with Crippen molar-refractivity contribution in [2.24, 2.45) is 0 Å². The van der Waals surface area contributed by atoms with Gasteiger partial charge >= 0.3 is 0 Å². The zero-order valence-corrected chi connectivity index (χ0v) is 13.4. The van der Waals surface area contributed by atoms with Crippen molar-refractivity contribution in [1.82, 2.24) is 24.8 Å². The molecule has 0 radical (unpaired) electrons. The second-order valence-electron chi connectivity index (χ2n) is 6.03. The van der Waals surface area contributed by atoms with E-state index in [-0.39, 0.29) is 5.91 Å². The molecule has 3 aromatic rings. The van der Waals surface area contributed by atoms with Gasteiger partial charge in [-0.2, -0.15) is 0 Å². The molecule has 0 atom stereocenters. The lowest BCUT2D eigenvalue weighted by Gasteiger charge is -2.34. The van der Waals surface area contributed by atoms with Crippen LogP contribution in [0.2, 0.25) is 0 Å². The first kappa shape index (κ1) is 14.8. The largest absolute Gasteiger partial charge is 0.345 e. The average Bonchev–Trinajstić information content (AvgIpc) is 3.07. The normalized spacial score (nSPS) is 15.8. The van der Waals surface area contributed by atoms with Crippen molar-refractivity contribution in [2.75, 3.05) is 26.2 Å². The molecule has 6 nitrogen and oxygen atoms in total. The Morgan fingerprint density at radius 1 is 1.12 bits per heavy atom. The van der Waals surface area contributed by atoms with Gasteiger partial charge < -0.3 is 9.88 Å². The van der Waals surface area contributed by atoms with E-state index in [0.717, 1.165) is 43.8 Å². The summed E-state index contributed by atoms with van der Waals surface area (Å²) in [6.07, 6.45) is 7.18. The van der Waals surface area contributed by atoms with E-state index in [2.05, 4.69) is 25.9 Å². The molecule has 1 aliphatic heterocycles. The smallest absolute Gasteiger partial charge is 0.256 e. The third-order valence-corrected chi connectivity index (χ3v) is 4.47. The van der Waals surface area contributed by atoms with Crippen LogP contribution in [0.3, 0.4) is 0 Å². The minimum absolute atomic E-state index is 0.0790. The molecule has 3 aromatic heterocycles. The third kappa shape index (κ3) is 2.88. The number of rotatable bonds is 3. The lowest BCUT2D eigenvalue weighted by atomic mass is 10.1. The van der Waals surface area contributed by atoms with Crippen molar-refractivity contribution in [1.29, 1.82) is 0 Å². The molecule has 0 spiro atoms. The standard InChI is InChI=1S/C18H19N5O/c24-18(16-12-21-17-15(16)4-2-6-20-17)23-9-7-22(8-10-23)13-14-3-1-5-19-11-14/h1-6,11-12H,7-10,13H2,(H,20,21). The number of aromatic amines is 1. The highest BCUT2D eigenvalue weighted by molar-refractivity contribution is 6.05. The number of carbonyl (C=O) groups excluding carboxylic acids is 1. The van der Waals surface area contributed by atoms with Crippen LogP contribution >= 0.6 is 0 Å². The van der Waals surface area contributed by atoms with Gasteiger partial charge in [-0.05, 0) is 23.8 Å². The van der Waals surface area contributed by atoms with Gasteiger partial charge in [0.2, 0.25) is 0 Å². The SMILES string of the molecule is O=C(c1c[nH]c2ncccc12)N1CCN(Cc2cccnc2)CC1. The molecule has 1 fully saturated rings. The minimum atomic E-state index is 0.0790. The second kappa shape index (κ2) is 6.41. The molecular weight excluding hydrogens is 302 g/mol. The first-order valence-corrected chi connectivity index (χ1v) is 8.14. The van der Waals surface area contributed by atoms with Gasteiger partial charge in [0.05, 0.1) is 5.56 Å². The van der Waals surface area contributed by atoms with Gasteiger partial charge in [-0.1, -0.05) is 6.07 Å². The van der Waals surface area contributed by atoms with Gasteiger partial charge in [0.1, 0.15) is 5.65 Å². The second-order valence-corrected chi connectivity index (χ2v) is 6.03. The highest BCUT2D eigenvalue weighted by atomic mass is 16.2. The minimum Gasteiger partial charge on any atom is -0.345 e. The molecule has 1 amide bonds. The van der Waals surface area contributed by atoms with E-state index in [0.29, 0.717) is 5.56 Å². The Morgan fingerprint density at radius 3 is 2.75 bits per heavy atom. The fourth-order valence-corrected chi connectivity index (χ4v) is 3.16. The number of carbonyl (C=O) groups is 1. The van der Waals surface area contributed by atoms with Crippen LogP contribution in [0.4, 0.5) is 0 Å². The lowest BCUT2D eigenvalue weighted by molar-refractivity contribution is 0.0630. The molecule has 24 heavy (non-hydrogen) atoms. The maximum atomic E-state index is 12.8. The number of pyridine rings is 2. The van der Waals surface area contributed by atoms with Crippen LogP contribution in [0.5, 0.6) is 0 Å². The van der Waals surface area contributed by atoms with E-state index in [1.54, 1.807) is 18.6 Å². The van der Waals surface area contributed by atoms with Crippen LogP contribution in [0.25, 0.3) is 11.0 Å². The van der Waals surface area contributed by atoms with Crippen molar-refractivity contribution >= 4 is 16.9 Å². The molecule has 1 N–H and O–H groups in total. The molecule has 122 valence electrons. The van der Waals surface area contributed by atoms with E-state index < -0.39 is 0 Å². The number of hydrogen-bond acceptors (Lipinski definition) is 4. The van der Waals surface area contributed by atoms with Crippen molar-refractivity contribution in [3.63, 3.8) is 0 Å². The molecule has 0 saturated carbocycles. The van der Waals surface area contributed by atoms with Crippen LogP contribution in [0.15, 0.2) is 49.1 Å². The van der Waals surface area contributed by atoms with Gasteiger partial charge in [0, 0.05) is 62.9 Å². The van der Waals surface area contributed by atoms with Crippen molar-refractivity contribution in [3.8, 4) is 0 Å². The average molecular weight is 321 g/mol. The zero-order chi connectivity index (χ0) is 16.4. The van der Waals surface area contributed by atoms with Crippen molar-refractivity contribution < 1.29 is 4.79 Å². The number of piperazine rings is 1. The number of nitrogens with one attached hydrogen (secondary N) is 1. The van der Waals surface area contributed by atoms with Gasteiger partial charge in [-0.3, -0.25) is 14.7 Å². The summed E-state index contributed by atoms with van der Waals surface area (Å²) < 4.78 is 0. The van der Waals surface area contributed by atoms with Crippen LogP contribution in [-0.4, -0.2) is 56.8 Å². The Kier molecular flexibility index (Phi) is 3.96. The predicted octanol–water partition coefficient (Wildman–Crippen LogP) is 1.92. The van der Waals surface area contributed by atoms with E-state index in [4.69, 9.17) is 0 Å². The molecule has 0 unspecified atom stereocenters. The van der Waals surface area contributed by atoms with Gasteiger partial charge in [0.25, 0.3) is 5.91 Å². The van der Waals surface area contributed by atoms with Crippen LogP contribution < -0.4 is 0 Å². The summed E-state index contributed by atoms with van der Waals surface area (Å²) in [7, 11) is 0. The Labute approximate surface area is 140 Å². The van der Waals surface area contributed by atoms with Gasteiger partial charge in [-0.25, -0.2) is 4.98 Å². The number of fused-ring (bicyclic) bond motifs is 1. The molecule has 4 rings (SSSR count). The van der Waals surface area contributed by atoms with Crippen molar-refractivity contribution in [2.45, 2.75) is 6.54 Å². The summed E-state index contributed by atoms with van der Waals surface area (Å²) in [5.74, 6) is 0.0790. The summed E-state index contributed by atoms with van der Waals surface area (Å²) in [5.41, 5.74) is 2.68. The van der Waals surface area contributed by atoms with E-state index in [1.165, 1.54) is 5.56 Å². The van der Waals surface area contributed by atoms with Crippen molar-refractivity contribution in [3.05, 3.63) is 60.2 Å². The lowest BCUT2D eigenvalue weighted by Crippen LogP contribution is -2.48. The van der Waals surface area contributed by atoms with E-state index >= 15 is 0 Å². The molecule has 1 saturated heterocycles. The summed E-state index contributed by atoms with van der Waals surface area (Å²) in [6.45, 7) is 4.12. The Morgan fingerprint density at radius 2 is 1.96 bits per heavy atom. The predicted molar refractivity (Wildman–Crippen MR) is 91.5 cm³/mol. The third-order valence-electron chi connectivity index (χ3n) is 4.47. The van der Waals surface area contributed by atoms with Crippen LogP contribution in [0.1, 0.15) is 15.9 Å².